The molecule has 132 valence electrons. The zero-order valence-corrected chi connectivity index (χ0v) is 14.7. The van der Waals surface area contributed by atoms with Crippen LogP contribution in [0.15, 0.2) is 42.1 Å². The third kappa shape index (κ3) is 4.90. The molecule has 0 atom stereocenters. The summed E-state index contributed by atoms with van der Waals surface area (Å²) < 4.78 is 6.84. The summed E-state index contributed by atoms with van der Waals surface area (Å²) in [6.45, 7) is 7.68. The minimum atomic E-state index is -0.463. The lowest BCUT2D eigenvalue weighted by Crippen LogP contribution is -2.13. The van der Waals surface area contributed by atoms with Crippen LogP contribution in [-0.4, -0.2) is 37.5 Å². The maximum Gasteiger partial charge on any atom is 0.316 e. The van der Waals surface area contributed by atoms with Gasteiger partial charge in [0.25, 0.3) is 5.69 Å². The van der Waals surface area contributed by atoms with Crippen molar-refractivity contribution in [3.63, 3.8) is 0 Å². The van der Waals surface area contributed by atoms with Gasteiger partial charge in [0.05, 0.1) is 16.8 Å². The van der Waals surface area contributed by atoms with Crippen LogP contribution in [0.2, 0.25) is 0 Å². The van der Waals surface area contributed by atoms with Crippen molar-refractivity contribution in [1.29, 1.82) is 0 Å². The summed E-state index contributed by atoms with van der Waals surface area (Å²) in [5, 5.41) is 19.7. The lowest BCUT2D eigenvalue weighted by atomic mass is 10.2. The number of ether oxygens (including phenoxy) is 1. The molecule has 25 heavy (non-hydrogen) atoms. The second kappa shape index (κ2) is 8.43. The van der Waals surface area contributed by atoms with Crippen molar-refractivity contribution in [3.05, 3.63) is 47.0 Å². The number of hydrogen-bond donors (Lipinski definition) is 0. The molecule has 0 aliphatic carbocycles. The Bertz CT molecular complexity index is 788. The molecular weight excluding hydrogens is 344 g/mol. The monoisotopic (exact) mass is 362 g/mol. The Kier molecular flexibility index (Phi) is 6.29. The number of carbonyl (C=O) groups is 1. The number of aromatic nitrogens is 3. The zero-order chi connectivity index (χ0) is 18.4. The van der Waals surface area contributed by atoms with Crippen LogP contribution >= 0.6 is 11.8 Å². The molecule has 0 saturated heterocycles. The molecule has 1 aromatic heterocycles. The van der Waals surface area contributed by atoms with Gasteiger partial charge in [-0.3, -0.25) is 19.5 Å². The highest BCUT2D eigenvalue weighted by molar-refractivity contribution is 7.99. The second-order valence-corrected chi connectivity index (χ2v) is 6.28. The average molecular weight is 362 g/mol. The van der Waals surface area contributed by atoms with E-state index in [1.165, 1.54) is 23.9 Å². The predicted octanol–water partition coefficient (Wildman–Crippen LogP) is 3.08. The summed E-state index contributed by atoms with van der Waals surface area (Å²) in [6.07, 6.45) is 1.49. The van der Waals surface area contributed by atoms with Gasteiger partial charge >= 0.3 is 5.97 Å². The minimum absolute atomic E-state index is 0.0274. The number of thioether (sulfide) groups is 1. The zero-order valence-electron chi connectivity index (χ0n) is 13.9. The third-order valence-corrected chi connectivity index (χ3v) is 3.97. The van der Waals surface area contributed by atoms with Crippen molar-refractivity contribution in [1.82, 2.24) is 14.8 Å². The van der Waals surface area contributed by atoms with Crippen LogP contribution in [-0.2, 0) is 16.1 Å². The molecule has 0 aliphatic rings. The predicted molar refractivity (Wildman–Crippen MR) is 94.3 cm³/mol. The van der Waals surface area contributed by atoms with E-state index in [1.54, 1.807) is 36.6 Å². The first kappa shape index (κ1) is 18.7. The number of hydrogen-bond acceptors (Lipinski definition) is 7. The van der Waals surface area contributed by atoms with Gasteiger partial charge in [-0.25, -0.2) is 0 Å². The molecule has 2 rings (SSSR count). The van der Waals surface area contributed by atoms with Crippen LogP contribution in [0.3, 0.4) is 0 Å². The number of carbonyl (C=O) groups excluding carboxylic acids is 1. The smallest absolute Gasteiger partial charge is 0.316 e. The molecular formula is C16H18N4O4S. The largest absolute Gasteiger partial charge is 0.462 e. The van der Waals surface area contributed by atoms with Crippen molar-refractivity contribution in [2.24, 2.45) is 0 Å². The van der Waals surface area contributed by atoms with Gasteiger partial charge in [0.15, 0.2) is 11.0 Å². The Morgan fingerprint density at radius 1 is 1.48 bits per heavy atom. The van der Waals surface area contributed by atoms with Crippen molar-refractivity contribution < 1.29 is 14.5 Å². The van der Waals surface area contributed by atoms with Gasteiger partial charge < -0.3 is 4.74 Å². The average Bonchev–Trinajstić information content (AvgIpc) is 2.95. The van der Waals surface area contributed by atoms with Crippen molar-refractivity contribution in [2.75, 3.05) is 5.75 Å². The molecule has 0 saturated carbocycles. The fraction of sp³-hybridized carbons (Fsp3) is 0.312. The maximum absolute atomic E-state index is 11.7. The van der Waals surface area contributed by atoms with E-state index < -0.39 is 4.92 Å². The quantitative estimate of drug-likeness (QED) is 0.234. The maximum atomic E-state index is 11.7. The summed E-state index contributed by atoms with van der Waals surface area (Å²) >= 11 is 1.20. The van der Waals surface area contributed by atoms with Crippen molar-refractivity contribution >= 4 is 23.4 Å². The second-order valence-electron chi connectivity index (χ2n) is 5.34. The Hall–Kier alpha value is -2.68. The van der Waals surface area contributed by atoms with Gasteiger partial charge in [-0.1, -0.05) is 30.0 Å². The Morgan fingerprint density at radius 3 is 2.88 bits per heavy atom. The fourth-order valence-electron chi connectivity index (χ4n) is 2.08. The number of nitrogens with zero attached hydrogens (tertiary/aromatic N) is 4. The third-order valence-electron chi connectivity index (χ3n) is 3.03. The van der Waals surface area contributed by atoms with Gasteiger partial charge in [0.2, 0.25) is 0 Å². The van der Waals surface area contributed by atoms with E-state index in [2.05, 4.69) is 16.8 Å². The molecule has 1 aromatic carbocycles. The molecule has 8 nitrogen and oxygen atoms in total. The van der Waals surface area contributed by atoms with E-state index >= 15 is 0 Å². The van der Waals surface area contributed by atoms with E-state index in [-0.39, 0.29) is 23.5 Å². The molecule has 0 unspecified atom stereocenters. The Labute approximate surface area is 149 Å². The number of benzene rings is 1. The molecule has 0 aliphatic heterocycles. The van der Waals surface area contributed by atoms with Crippen LogP contribution in [0.25, 0.3) is 11.4 Å². The Balaban J connectivity index is 2.27. The highest BCUT2D eigenvalue weighted by Crippen LogP contribution is 2.26. The summed E-state index contributed by atoms with van der Waals surface area (Å²) in [5.41, 5.74) is 0.542. The fourth-order valence-corrected chi connectivity index (χ4v) is 2.81. The summed E-state index contributed by atoms with van der Waals surface area (Å²) in [6, 6.07) is 6.16. The molecule has 2 aromatic rings. The first-order chi connectivity index (χ1) is 11.9. The van der Waals surface area contributed by atoms with Gasteiger partial charge in [-0.05, 0) is 13.8 Å². The lowest BCUT2D eigenvalue weighted by molar-refractivity contribution is -0.384. The van der Waals surface area contributed by atoms with Gasteiger partial charge in [0, 0.05) is 24.2 Å². The van der Waals surface area contributed by atoms with Crippen LogP contribution in [0.1, 0.15) is 13.8 Å². The van der Waals surface area contributed by atoms with E-state index in [9.17, 15) is 14.9 Å². The topological polar surface area (TPSA) is 100 Å². The van der Waals surface area contributed by atoms with Crippen molar-refractivity contribution in [3.8, 4) is 11.4 Å². The number of esters is 1. The number of allylic oxidation sites excluding steroid dienone is 1. The van der Waals surface area contributed by atoms with Gasteiger partial charge in [-0.2, -0.15) is 0 Å². The number of nitro groups is 1. The molecule has 0 spiro atoms. The van der Waals surface area contributed by atoms with Gasteiger partial charge in [0.1, 0.15) is 0 Å². The van der Waals surface area contributed by atoms with E-state index in [0.29, 0.717) is 23.1 Å². The first-order valence-electron chi connectivity index (χ1n) is 7.53. The highest BCUT2D eigenvalue weighted by atomic mass is 32.2. The van der Waals surface area contributed by atoms with Crippen LogP contribution < -0.4 is 0 Å². The van der Waals surface area contributed by atoms with Crippen LogP contribution in [0.5, 0.6) is 0 Å². The molecule has 0 amide bonds. The standard InChI is InChI=1S/C16H18N4O4S/c1-4-8-19-15(12-6-5-7-13(9-12)20(22)23)17-18-16(19)25-10-14(21)24-11(2)3/h4-7,9,11H,1,8,10H2,2-3H3. The molecule has 0 radical (unpaired) electrons. The van der Waals surface area contributed by atoms with Crippen molar-refractivity contribution in [2.45, 2.75) is 31.7 Å². The summed E-state index contributed by atoms with van der Waals surface area (Å²) in [4.78, 5) is 22.2. The van der Waals surface area contributed by atoms with Gasteiger partial charge in [-0.15, -0.1) is 16.8 Å². The van der Waals surface area contributed by atoms with E-state index in [0.717, 1.165) is 0 Å². The summed E-state index contributed by atoms with van der Waals surface area (Å²) in [5.74, 6) is 0.232. The molecule has 1 heterocycles. The minimum Gasteiger partial charge on any atom is -0.462 e. The van der Waals surface area contributed by atoms with Crippen LogP contribution in [0, 0.1) is 10.1 Å². The first-order valence-corrected chi connectivity index (χ1v) is 8.52. The molecule has 9 heteroatoms. The van der Waals surface area contributed by atoms with Crippen LogP contribution in [0.4, 0.5) is 5.69 Å². The Morgan fingerprint density at radius 2 is 2.24 bits per heavy atom. The number of non-ortho nitro benzene ring substituents is 1. The number of rotatable bonds is 8. The molecule has 0 fully saturated rings. The summed E-state index contributed by atoms with van der Waals surface area (Å²) in [7, 11) is 0. The number of nitro benzene ring substituents is 1. The normalized spacial score (nSPS) is 10.7. The molecule has 0 bridgehead atoms. The van der Waals surface area contributed by atoms with E-state index in [4.69, 9.17) is 4.74 Å². The highest BCUT2D eigenvalue weighted by Gasteiger charge is 2.17. The molecule has 0 N–H and O–H groups in total. The van der Waals surface area contributed by atoms with E-state index in [1.807, 2.05) is 0 Å². The lowest BCUT2D eigenvalue weighted by Gasteiger charge is -2.09. The SMILES string of the molecule is C=CCn1c(SCC(=O)OC(C)C)nnc1-c1cccc([N+](=O)[O-])c1.